The van der Waals surface area contributed by atoms with E-state index >= 15 is 0 Å². The summed E-state index contributed by atoms with van der Waals surface area (Å²) in [6.45, 7) is 3.04. The predicted molar refractivity (Wildman–Crippen MR) is 68.0 cm³/mol. The Labute approximate surface area is 103 Å². The summed E-state index contributed by atoms with van der Waals surface area (Å²) in [6, 6.07) is 9.80. The third-order valence-corrected chi connectivity index (χ3v) is 3.23. The second-order valence-corrected chi connectivity index (χ2v) is 4.69. The summed E-state index contributed by atoms with van der Waals surface area (Å²) >= 11 is 0. The van der Waals surface area contributed by atoms with Crippen molar-refractivity contribution in [2.24, 2.45) is 0 Å². The second kappa shape index (κ2) is 5.20. The van der Waals surface area contributed by atoms with Gasteiger partial charge in [0.25, 0.3) is 0 Å². The fraction of sp³-hybridized carbons (Fsp3) is 0.500. The maximum absolute atomic E-state index is 8.74. The summed E-state index contributed by atoms with van der Waals surface area (Å²) < 4.78 is 5.80. The predicted octanol–water partition coefficient (Wildman–Crippen LogP) is 2.56. The van der Waals surface area contributed by atoms with E-state index in [1.807, 2.05) is 24.3 Å². The molecule has 2 unspecified atom stereocenters. The van der Waals surface area contributed by atoms with E-state index in [4.69, 9.17) is 10.00 Å². The zero-order valence-corrected chi connectivity index (χ0v) is 10.4. The van der Waals surface area contributed by atoms with Gasteiger partial charge in [-0.2, -0.15) is 5.26 Å². The number of rotatable bonds is 3. The van der Waals surface area contributed by atoms with Gasteiger partial charge in [0, 0.05) is 19.3 Å². The average Bonchev–Trinajstić information content (AvgIpc) is 2.75. The first-order chi connectivity index (χ1) is 8.19. The Balaban J connectivity index is 1.95. The smallest absolute Gasteiger partial charge is 0.0991 e. The Bertz CT molecular complexity index is 407. The van der Waals surface area contributed by atoms with Crippen molar-refractivity contribution in [3.05, 3.63) is 29.8 Å². The number of ether oxygens (including phenoxy) is 1. The lowest BCUT2D eigenvalue weighted by molar-refractivity contribution is 0.0606. The summed E-state index contributed by atoms with van der Waals surface area (Å²) in [6.07, 6.45) is 3.04. The molecule has 1 aromatic rings. The highest BCUT2D eigenvalue weighted by atomic mass is 16.5. The zero-order valence-electron chi connectivity index (χ0n) is 10.4. The third kappa shape index (κ3) is 2.98. The molecule has 0 saturated carbocycles. The molecular formula is C14H18N2O. The fourth-order valence-electron chi connectivity index (χ4n) is 2.22. The molecular weight excluding hydrogens is 212 g/mol. The van der Waals surface area contributed by atoms with Crippen LogP contribution in [0.2, 0.25) is 0 Å². The van der Waals surface area contributed by atoms with Crippen LogP contribution in [-0.2, 0) is 4.74 Å². The minimum atomic E-state index is 0.339. The molecule has 0 amide bonds. The van der Waals surface area contributed by atoms with Crippen LogP contribution in [0.5, 0.6) is 0 Å². The molecule has 0 aromatic heterocycles. The summed E-state index contributed by atoms with van der Waals surface area (Å²) in [7, 11) is 2.06. The van der Waals surface area contributed by atoms with Crippen LogP contribution in [0, 0.1) is 11.3 Å². The SMILES string of the molecule is CC1CCC(CN(C)c2ccc(C#N)cc2)O1. The monoisotopic (exact) mass is 230 g/mol. The van der Waals surface area contributed by atoms with Crippen LogP contribution in [-0.4, -0.2) is 25.8 Å². The van der Waals surface area contributed by atoms with Crippen LogP contribution in [0.25, 0.3) is 0 Å². The third-order valence-electron chi connectivity index (χ3n) is 3.23. The van der Waals surface area contributed by atoms with Crippen LogP contribution in [0.15, 0.2) is 24.3 Å². The van der Waals surface area contributed by atoms with Gasteiger partial charge in [-0.25, -0.2) is 0 Å². The summed E-state index contributed by atoms with van der Waals surface area (Å²) in [5.41, 5.74) is 1.83. The average molecular weight is 230 g/mol. The van der Waals surface area contributed by atoms with Crippen molar-refractivity contribution in [1.82, 2.24) is 0 Å². The number of likely N-dealkylation sites (N-methyl/N-ethyl adjacent to an activating group) is 1. The van der Waals surface area contributed by atoms with E-state index < -0.39 is 0 Å². The van der Waals surface area contributed by atoms with Crippen LogP contribution >= 0.6 is 0 Å². The standard InChI is InChI=1S/C14H18N2O/c1-11-3-8-14(17-11)10-16(2)13-6-4-12(9-15)5-7-13/h4-7,11,14H,3,8,10H2,1-2H3. The number of nitriles is 1. The van der Waals surface area contributed by atoms with Gasteiger partial charge in [0.1, 0.15) is 0 Å². The Morgan fingerprint density at radius 1 is 1.35 bits per heavy atom. The van der Waals surface area contributed by atoms with E-state index in [0.717, 1.165) is 25.1 Å². The van der Waals surface area contributed by atoms with Gasteiger partial charge in [-0.3, -0.25) is 0 Å². The Hall–Kier alpha value is -1.53. The normalized spacial score (nSPS) is 23.4. The summed E-state index contributed by atoms with van der Waals surface area (Å²) in [5, 5.41) is 8.74. The largest absolute Gasteiger partial charge is 0.373 e. The van der Waals surface area contributed by atoms with Crippen molar-refractivity contribution in [1.29, 1.82) is 5.26 Å². The molecule has 90 valence electrons. The summed E-state index contributed by atoms with van der Waals surface area (Å²) in [4.78, 5) is 2.18. The molecule has 1 saturated heterocycles. The lowest BCUT2D eigenvalue weighted by Gasteiger charge is -2.23. The number of anilines is 1. The van der Waals surface area contributed by atoms with E-state index in [1.54, 1.807) is 0 Å². The van der Waals surface area contributed by atoms with E-state index in [0.29, 0.717) is 17.8 Å². The first kappa shape index (κ1) is 11.9. The van der Waals surface area contributed by atoms with Crippen molar-refractivity contribution < 1.29 is 4.74 Å². The van der Waals surface area contributed by atoms with E-state index in [9.17, 15) is 0 Å². The molecule has 1 fully saturated rings. The van der Waals surface area contributed by atoms with Crippen molar-refractivity contribution in [3.8, 4) is 6.07 Å². The zero-order chi connectivity index (χ0) is 12.3. The van der Waals surface area contributed by atoms with Crippen molar-refractivity contribution >= 4 is 5.69 Å². The lowest BCUT2D eigenvalue weighted by Crippen LogP contribution is -2.28. The summed E-state index contributed by atoms with van der Waals surface area (Å²) in [5.74, 6) is 0. The molecule has 3 heteroatoms. The first-order valence-corrected chi connectivity index (χ1v) is 6.06. The molecule has 1 heterocycles. The van der Waals surface area contributed by atoms with Crippen molar-refractivity contribution in [2.45, 2.75) is 32.0 Å². The van der Waals surface area contributed by atoms with Crippen LogP contribution in [0.3, 0.4) is 0 Å². The van der Waals surface area contributed by atoms with Gasteiger partial charge < -0.3 is 9.64 Å². The van der Waals surface area contributed by atoms with Crippen LogP contribution < -0.4 is 4.90 Å². The van der Waals surface area contributed by atoms with Gasteiger partial charge in [-0.15, -0.1) is 0 Å². The van der Waals surface area contributed by atoms with Crippen molar-refractivity contribution in [3.63, 3.8) is 0 Å². The van der Waals surface area contributed by atoms with E-state index in [-0.39, 0.29) is 0 Å². The molecule has 1 aliphatic heterocycles. The quantitative estimate of drug-likeness (QED) is 0.800. The topological polar surface area (TPSA) is 36.3 Å². The molecule has 0 N–H and O–H groups in total. The highest BCUT2D eigenvalue weighted by Crippen LogP contribution is 2.22. The highest BCUT2D eigenvalue weighted by Gasteiger charge is 2.22. The molecule has 17 heavy (non-hydrogen) atoms. The number of nitrogens with zero attached hydrogens (tertiary/aromatic N) is 2. The van der Waals surface area contributed by atoms with Crippen LogP contribution in [0.4, 0.5) is 5.69 Å². The Kier molecular flexibility index (Phi) is 3.65. The maximum Gasteiger partial charge on any atom is 0.0991 e. The minimum Gasteiger partial charge on any atom is -0.373 e. The van der Waals surface area contributed by atoms with E-state index in [2.05, 4.69) is 24.9 Å². The molecule has 1 aromatic carbocycles. The van der Waals surface area contributed by atoms with Gasteiger partial charge in [0.15, 0.2) is 0 Å². The molecule has 0 bridgehead atoms. The van der Waals surface area contributed by atoms with Crippen LogP contribution in [0.1, 0.15) is 25.3 Å². The molecule has 0 radical (unpaired) electrons. The Morgan fingerprint density at radius 3 is 2.59 bits per heavy atom. The number of hydrogen-bond acceptors (Lipinski definition) is 3. The van der Waals surface area contributed by atoms with Gasteiger partial charge >= 0.3 is 0 Å². The number of benzene rings is 1. The van der Waals surface area contributed by atoms with Crippen molar-refractivity contribution in [2.75, 3.05) is 18.5 Å². The first-order valence-electron chi connectivity index (χ1n) is 6.06. The van der Waals surface area contributed by atoms with Gasteiger partial charge in [0.2, 0.25) is 0 Å². The highest BCUT2D eigenvalue weighted by molar-refractivity contribution is 5.49. The van der Waals surface area contributed by atoms with Gasteiger partial charge in [-0.1, -0.05) is 0 Å². The molecule has 2 rings (SSSR count). The molecule has 3 nitrogen and oxygen atoms in total. The maximum atomic E-state index is 8.74. The number of hydrogen-bond donors (Lipinski definition) is 0. The lowest BCUT2D eigenvalue weighted by atomic mass is 10.2. The minimum absolute atomic E-state index is 0.339. The molecule has 0 spiro atoms. The molecule has 0 aliphatic carbocycles. The molecule has 2 atom stereocenters. The molecule has 1 aliphatic rings. The Morgan fingerprint density at radius 2 is 2.06 bits per heavy atom. The van der Waals surface area contributed by atoms with Gasteiger partial charge in [0.05, 0.1) is 23.8 Å². The second-order valence-electron chi connectivity index (χ2n) is 4.69. The fourth-order valence-corrected chi connectivity index (χ4v) is 2.22. The van der Waals surface area contributed by atoms with Gasteiger partial charge in [-0.05, 0) is 44.0 Å². The van der Waals surface area contributed by atoms with E-state index in [1.165, 1.54) is 0 Å².